The zero-order chi connectivity index (χ0) is 14.5. The summed E-state index contributed by atoms with van der Waals surface area (Å²) in [4.78, 5) is 11.8. The molecular weight excluding hydrogens is 298 g/mol. The van der Waals surface area contributed by atoms with E-state index in [4.69, 9.17) is 5.84 Å². The molecule has 0 aromatic carbocycles. The van der Waals surface area contributed by atoms with Crippen LogP contribution in [0.4, 0.5) is 5.13 Å². The highest BCUT2D eigenvalue weighted by Crippen LogP contribution is 2.18. The van der Waals surface area contributed by atoms with Crippen LogP contribution in [-0.4, -0.2) is 36.7 Å². The van der Waals surface area contributed by atoms with E-state index in [2.05, 4.69) is 25.7 Å². The van der Waals surface area contributed by atoms with Gasteiger partial charge >= 0.3 is 0 Å². The third-order valence-corrected chi connectivity index (χ3v) is 4.33. The molecule has 1 amide bonds. The number of nitrogens with one attached hydrogen (secondary N) is 1. The number of rotatable bonds is 6. The normalized spacial score (nSPS) is 10.7. The fraction of sp³-hybridized carbons (Fsp3) is 0.500. The molecule has 0 aliphatic rings. The maximum absolute atomic E-state index is 11.8. The van der Waals surface area contributed by atoms with Gasteiger partial charge in [-0.25, -0.2) is 4.68 Å². The number of hydrogen-bond acceptors (Lipinski definition) is 8. The summed E-state index contributed by atoms with van der Waals surface area (Å²) in [6.07, 6.45) is 1.50. The van der Waals surface area contributed by atoms with Gasteiger partial charge in [-0.1, -0.05) is 36.9 Å². The van der Waals surface area contributed by atoms with E-state index in [9.17, 15) is 4.79 Å². The second-order valence-electron chi connectivity index (χ2n) is 3.81. The topological polar surface area (TPSA) is 112 Å². The molecule has 0 fully saturated rings. The quantitative estimate of drug-likeness (QED) is 0.596. The van der Waals surface area contributed by atoms with Crippen molar-refractivity contribution in [2.24, 2.45) is 0 Å². The molecule has 0 atom stereocenters. The Balaban J connectivity index is 1.87. The van der Waals surface area contributed by atoms with E-state index in [1.165, 1.54) is 27.8 Å². The summed E-state index contributed by atoms with van der Waals surface area (Å²) < 4.78 is 1.40. The molecule has 0 saturated carbocycles. The average molecular weight is 313 g/mol. The van der Waals surface area contributed by atoms with Crippen LogP contribution in [0.5, 0.6) is 0 Å². The molecule has 0 aliphatic carbocycles. The number of aromatic nitrogens is 5. The average Bonchev–Trinajstić information content (AvgIpc) is 3.03. The first kappa shape index (κ1) is 14.7. The predicted octanol–water partition coefficient (Wildman–Crippen LogP) is 0.699. The zero-order valence-corrected chi connectivity index (χ0v) is 12.8. The smallest absolute Gasteiger partial charge is 0.236 e. The van der Waals surface area contributed by atoms with Crippen LogP contribution in [0, 0.1) is 0 Å². The number of hydrogen-bond donors (Lipinski definition) is 2. The Morgan fingerprint density at radius 3 is 2.70 bits per heavy atom. The molecule has 2 aromatic rings. The molecule has 3 N–H and O–H groups in total. The van der Waals surface area contributed by atoms with Crippen molar-refractivity contribution in [3.63, 3.8) is 0 Å². The molecule has 108 valence electrons. The van der Waals surface area contributed by atoms with Gasteiger partial charge < -0.3 is 5.84 Å². The number of anilines is 1. The highest BCUT2D eigenvalue weighted by molar-refractivity contribution is 7.99. The molecule has 2 rings (SSSR count). The van der Waals surface area contributed by atoms with Crippen molar-refractivity contribution in [1.29, 1.82) is 0 Å². The maximum Gasteiger partial charge on any atom is 0.236 e. The molecule has 0 spiro atoms. The number of aryl methyl sites for hydroxylation is 2. The number of nitrogens with zero attached hydrogens (tertiary/aromatic N) is 5. The summed E-state index contributed by atoms with van der Waals surface area (Å²) in [6.45, 7) is 3.93. The molecule has 20 heavy (non-hydrogen) atoms. The Bertz CT molecular complexity index is 594. The van der Waals surface area contributed by atoms with Crippen molar-refractivity contribution in [1.82, 2.24) is 25.1 Å². The number of thioether (sulfide) groups is 1. The second kappa shape index (κ2) is 6.66. The van der Waals surface area contributed by atoms with Crippen molar-refractivity contribution < 1.29 is 4.79 Å². The van der Waals surface area contributed by atoms with E-state index in [0.29, 0.717) is 22.5 Å². The molecular formula is C10H15N7OS2. The number of carbonyl (C=O) groups is 1. The summed E-state index contributed by atoms with van der Waals surface area (Å²) in [5.74, 6) is 6.50. The summed E-state index contributed by atoms with van der Waals surface area (Å²) in [5, 5.41) is 20.3. The SMILES string of the molecule is CCc1nnc(NC(=O)CSc2nnc(CC)n2N)s1. The van der Waals surface area contributed by atoms with Gasteiger partial charge in [-0.2, -0.15) is 0 Å². The first-order chi connectivity index (χ1) is 9.63. The minimum Gasteiger partial charge on any atom is -0.336 e. The van der Waals surface area contributed by atoms with Crippen LogP contribution in [-0.2, 0) is 17.6 Å². The molecule has 10 heteroatoms. The summed E-state index contributed by atoms with van der Waals surface area (Å²) in [5.41, 5.74) is 0. The van der Waals surface area contributed by atoms with Gasteiger partial charge in [0.2, 0.25) is 16.2 Å². The number of amides is 1. The van der Waals surface area contributed by atoms with Crippen molar-refractivity contribution in [3.05, 3.63) is 10.8 Å². The van der Waals surface area contributed by atoms with E-state index in [1.807, 2.05) is 13.8 Å². The van der Waals surface area contributed by atoms with Gasteiger partial charge in [0, 0.05) is 6.42 Å². The highest BCUT2D eigenvalue weighted by atomic mass is 32.2. The number of carbonyl (C=O) groups excluding carboxylic acids is 1. The van der Waals surface area contributed by atoms with Gasteiger partial charge in [-0.05, 0) is 6.42 Å². The minimum atomic E-state index is -0.171. The molecule has 2 heterocycles. The third-order valence-electron chi connectivity index (χ3n) is 2.40. The lowest BCUT2D eigenvalue weighted by molar-refractivity contribution is -0.113. The zero-order valence-electron chi connectivity index (χ0n) is 11.2. The van der Waals surface area contributed by atoms with Gasteiger partial charge in [-0.15, -0.1) is 20.4 Å². The van der Waals surface area contributed by atoms with Crippen molar-refractivity contribution in [2.45, 2.75) is 31.8 Å². The lowest BCUT2D eigenvalue weighted by atomic mass is 10.5. The van der Waals surface area contributed by atoms with Gasteiger partial charge in [0.25, 0.3) is 0 Å². The van der Waals surface area contributed by atoms with Crippen LogP contribution >= 0.6 is 23.1 Å². The first-order valence-corrected chi connectivity index (χ1v) is 7.88. The standard InChI is InChI=1S/C10H15N7OS2/c1-3-6-13-16-10(17(6)11)19-5-7(18)12-9-15-14-8(4-2)20-9/h3-5,11H2,1-2H3,(H,12,15,18). The first-order valence-electron chi connectivity index (χ1n) is 6.08. The fourth-order valence-electron chi connectivity index (χ4n) is 1.38. The number of nitrogens with two attached hydrogens (primary N) is 1. The second-order valence-corrected chi connectivity index (χ2v) is 5.82. The largest absolute Gasteiger partial charge is 0.336 e. The van der Waals surface area contributed by atoms with E-state index in [0.717, 1.165) is 11.4 Å². The van der Waals surface area contributed by atoms with E-state index in [1.54, 1.807) is 0 Å². The van der Waals surface area contributed by atoms with E-state index in [-0.39, 0.29) is 11.7 Å². The van der Waals surface area contributed by atoms with Crippen molar-refractivity contribution >= 4 is 34.1 Å². The van der Waals surface area contributed by atoms with Gasteiger partial charge in [0.1, 0.15) is 5.01 Å². The summed E-state index contributed by atoms with van der Waals surface area (Å²) >= 11 is 2.60. The van der Waals surface area contributed by atoms with Crippen LogP contribution in [0.25, 0.3) is 0 Å². The summed E-state index contributed by atoms with van der Waals surface area (Å²) in [7, 11) is 0. The molecule has 0 aliphatic heterocycles. The molecule has 2 aromatic heterocycles. The van der Waals surface area contributed by atoms with Gasteiger partial charge in [0.05, 0.1) is 5.75 Å². The minimum absolute atomic E-state index is 0.171. The van der Waals surface area contributed by atoms with Crippen LogP contribution < -0.4 is 11.2 Å². The van der Waals surface area contributed by atoms with E-state index >= 15 is 0 Å². The molecule has 0 unspecified atom stereocenters. The third kappa shape index (κ3) is 3.45. The maximum atomic E-state index is 11.8. The van der Waals surface area contributed by atoms with Gasteiger partial charge in [0.15, 0.2) is 5.82 Å². The predicted molar refractivity (Wildman–Crippen MR) is 78.2 cm³/mol. The molecule has 0 bridgehead atoms. The Labute approximate surface area is 124 Å². The van der Waals surface area contributed by atoms with Gasteiger partial charge in [-0.3, -0.25) is 10.1 Å². The monoisotopic (exact) mass is 313 g/mol. The Kier molecular flexibility index (Phi) is 4.90. The van der Waals surface area contributed by atoms with Crippen LogP contribution in [0.3, 0.4) is 0 Å². The lowest BCUT2D eigenvalue weighted by Gasteiger charge is -2.02. The summed E-state index contributed by atoms with van der Waals surface area (Å²) in [6, 6.07) is 0. The van der Waals surface area contributed by atoms with Crippen molar-refractivity contribution in [3.8, 4) is 0 Å². The molecule has 0 radical (unpaired) electrons. The lowest BCUT2D eigenvalue weighted by Crippen LogP contribution is -2.17. The molecule has 0 saturated heterocycles. The molecule has 8 nitrogen and oxygen atoms in total. The van der Waals surface area contributed by atoms with Crippen LogP contribution in [0.2, 0.25) is 0 Å². The Morgan fingerprint density at radius 1 is 1.30 bits per heavy atom. The van der Waals surface area contributed by atoms with Crippen molar-refractivity contribution in [2.75, 3.05) is 16.9 Å². The Hall–Kier alpha value is -1.68. The van der Waals surface area contributed by atoms with E-state index < -0.39 is 0 Å². The Morgan fingerprint density at radius 2 is 2.10 bits per heavy atom. The number of nitrogen functional groups attached to an aromatic ring is 1. The fourth-order valence-corrected chi connectivity index (χ4v) is 2.75. The van der Waals surface area contributed by atoms with Crippen LogP contribution in [0.15, 0.2) is 5.16 Å². The highest BCUT2D eigenvalue weighted by Gasteiger charge is 2.12. The van der Waals surface area contributed by atoms with Crippen LogP contribution in [0.1, 0.15) is 24.7 Å².